The van der Waals surface area contributed by atoms with Crippen molar-refractivity contribution in [3.05, 3.63) is 52.6 Å². The second kappa shape index (κ2) is 4.17. The van der Waals surface area contributed by atoms with Crippen LogP contribution in [0, 0.1) is 26.6 Å². The highest BCUT2D eigenvalue weighted by atomic mass is 19.1. The average Bonchev–Trinajstić information content (AvgIpc) is 2.58. The van der Waals surface area contributed by atoms with Crippen molar-refractivity contribution in [1.82, 2.24) is 4.57 Å². The maximum absolute atomic E-state index is 13.5. The molecule has 0 unspecified atom stereocenters. The number of aryl methyl sites for hydroxylation is 2. The summed E-state index contributed by atoms with van der Waals surface area (Å²) in [5.74, 6) is -0.234. The van der Waals surface area contributed by atoms with Crippen LogP contribution in [0.4, 0.5) is 4.39 Å². The molecule has 2 rings (SSSR count). The minimum absolute atomic E-state index is 0.234. The van der Waals surface area contributed by atoms with E-state index in [-0.39, 0.29) is 5.82 Å². The zero-order valence-electron chi connectivity index (χ0n) is 10.1. The third-order valence-electron chi connectivity index (χ3n) is 3.01. The number of carbonyl (C=O) groups excluding carboxylic acids is 1. The van der Waals surface area contributed by atoms with Gasteiger partial charge in [0.15, 0.2) is 6.29 Å². The normalized spacial score (nSPS) is 10.6. The molecule has 0 bridgehead atoms. The number of hydrogen-bond donors (Lipinski definition) is 0. The Morgan fingerprint density at radius 3 is 2.41 bits per heavy atom. The van der Waals surface area contributed by atoms with Crippen LogP contribution in [-0.2, 0) is 0 Å². The van der Waals surface area contributed by atoms with Crippen molar-refractivity contribution in [3.63, 3.8) is 0 Å². The Morgan fingerprint density at radius 2 is 1.88 bits per heavy atom. The lowest BCUT2D eigenvalue weighted by atomic mass is 10.2. The van der Waals surface area contributed by atoms with Gasteiger partial charge < -0.3 is 4.57 Å². The fourth-order valence-electron chi connectivity index (χ4n) is 2.03. The van der Waals surface area contributed by atoms with Crippen molar-refractivity contribution in [1.29, 1.82) is 0 Å². The summed E-state index contributed by atoms with van der Waals surface area (Å²) < 4.78 is 15.4. The number of carbonyl (C=O) groups is 1. The van der Waals surface area contributed by atoms with Crippen LogP contribution in [0.1, 0.15) is 27.3 Å². The molecule has 17 heavy (non-hydrogen) atoms. The van der Waals surface area contributed by atoms with E-state index < -0.39 is 0 Å². The molecule has 2 nitrogen and oxygen atoms in total. The molecule has 0 spiro atoms. The van der Waals surface area contributed by atoms with Crippen LogP contribution in [-0.4, -0.2) is 10.9 Å². The number of aromatic nitrogens is 1. The van der Waals surface area contributed by atoms with E-state index in [1.165, 1.54) is 6.07 Å². The summed E-state index contributed by atoms with van der Waals surface area (Å²) in [4.78, 5) is 10.9. The molecular weight excluding hydrogens is 217 g/mol. The van der Waals surface area contributed by atoms with Gasteiger partial charge in [-0.25, -0.2) is 4.39 Å². The van der Waals surface area contributed by atoms with E-state index in [0.29, 0.717) is 11.1 Å². The first-order valence-electron chi connectivity index (χ1n) is 5.45. The van der Waals surface area contributed by atoms with Gasteiger partial charge >= 0.3 is 0 Å². The zero-order chi connectivity index (χ0) is 12.6. The third-order valence-corrected chi connectivity index (χ3v) is 3.01. The Labute approximate surface area is 99.7 Å². The topological polar surface area (TPSA) is 22.0 Å². The van der Waals surface area contributed by atoms with Gasteiger partial charge in [0, 0.05) is 22.6 Å². The summed E-state index contributed by atoms with van der Waals surface area (Å²) in [7, 11) is 0. The number of hydrogen-bond acceptors (Lipinski definition) is 1. The number of rotatable bonds is 2. The summed E-state index contributed by atoms with van der Waals surface area (Å²) in [5, 5.41) is 0. The number of halogens is 1. The van der Waals surface area contributed by atoms with Crippen LogP contribution in [0.5, 0.6) is 0 Å². The van der Waals surface area contributed by atoms with E-state index in [9.17, 15) is 9.18 Å². The van der Waals surface area contributed by atoms with E-state index in [1.807, 2.05) is 24.5 Å². The Kier molecular flexibility index (Phi) is 2.84. The first-order valence-corrected chi connectivity index (χ1v) is 5.45. The van der Waals surface area contributed by atoms with Crippen molar-refractivity contribution < 1.29 is 9.18 Å². The van der Waals surface area contributed by atoms with Gasteiger partial charge in [-0.15, -0.1) is 0 Å². The largest absolute Gasteiger partial charge is 0.318 e. The maximum atomic E-state index is 13.5. The van der Waals surface area contributed by atoms with E-state index >= 15 is 0 Å². The van der Waals surface area contributed by atoms with E-state index in [0.717, 1.165) is 23.4 Å². The molecule has 0 aliphatic carbocycles. The van der Waals surface area contributed by atoms with Crippen LogP contribution in [0.15, 0.2) is 24.3 Å². The third kappa shape index (κ3) is 1.88. The molecular formula is C14H14FNO. The number of nitrogens with zero attached hydrogens (tertiary/aromatic N) is 1. The molecule has 0 atom stereocenters. The average molecular weight is 231 g/mol. The van der Waals surface area contributed by atoms with Crippen molar-refractivity contribution in [2.24, 2.45) is 0 Å². The molecule has 0 aliphatic heterocycles. The zero-order valence-corrected chi connectivity index (χ0v) is 10.1. The van der Waals surface area contributed by atoms with Crippen molar-refractivity contribution in [2.75, 3.05) is 0 Å². The van der Waals surface area contributed by atoms with Gasteiger partial charge in [-0.3, -0.25) is 4.79 Å². The highest BCUT2D eigenvalue weighted by Gasteiger charge is 2.10. The van der Waals surface area contributed by atoms with Gasteiger partial charge in [0.05, 0.1) is 0 Å². The van der Waals surface area contributed by atoms with Crippen LogP contribution in [0.3, 0.4) is 0 Å². The van der Waals surface area contributed by atoms with Crippen molar-refractivity contribution in [3.8, 4) is 5.69 Å². The molecule has 1 aromatic carbocycles. The van der Waals surface area contributed by atoms with Crippen molar-refractivity contribution >= 4 is 6.29 Å². The maximum Gasteiger partial charge on any atom is 0.151 e. The molecule has 1 aromatic heterocycles. The summed E-state index contributed by atoms with van der Waals surface area (Å²) in [6.45, 7) is 5.48. The lowest BCUT2D eigenvalue weighted by molar-refractivity contribution is 0.112. The van der Waals surface area contributed by atoms with Gasteiger partial charge in [-0.05, 0) is 44.5 Å². The fraction of sp³-hybridized carbons (Fsp3) is 0.214. The number of benzene rings is 1. The van der Waals surface area contributed by atoms with Crippen LogP contribution in [0.2, 0.25) is 0 Å². The van der Waals surface area contributed by atoms with Gasteiger partial charge in [0.1, 0.15) is 5.82 Å². The Hall–Kier alpha value is -1.90. The van der Waals surface area contributed by atoms with Crippen molar-refractivity contribution in [2.45, 2.75) is 20.8 Å². The molecule has 2 aromatic rings. The SMILES string of the molecule is Cc1ccc(-n2c(C)cc(C=O)c2C)cc1F. The molecule has 1 heterocycles. The second-order valence-electron chi connectivity index (χ2n) is 4.21. The Bertz CT molecular complexity index is 584. The minimum Gasteiger partial charge on any atom is -0.318 e. The van der Waals surface area contributed by atoms with E-state index in [1.54, 1.807) is 19.1 Å². The first kappa shape index (κ1) is 11.6. The smallest absolute Gasteiger partial charge is 0.151 e. The highest BCUT2D eigenvalue weighted by Crippen LogP contribution is 2.21. The summed E-state index contributed by atoms with van der Waals surface area (Å²) in [6, 6.07) is 6.89. The van der Waals surface area contributed by atoms with Crippen LogP contribution in [0.25, 0.3) is 5.69 Å². The highest BCUT2D eigenvalue weighted by molar-refractivity contribution is 5.77. The van der Waals surface area contributed by atoms with Crippen LogP contribution >= 0.6 is 0 Å². The standard InChI is InChI=1S/C14H14FNO/c1-9-4-5-13(7-14(9)15)16-10(2)6-12(8-17)11(16)3/h4-8H,1-3H3. The van der Waals surface area contributed by atoms with Gasteiger partial charge in [-0.1, -0.05) is 6.07 Å². The lowest BCUT2D eigenvalue weighted by Crippen LogP contribution is -2.00. The van der Waals surface area contributed by atoms with Gasteiger partial charge in [0.25, 0.3) is 0 Å². The van der Waals surface area contributed by atoms with E-state index in [2.05, 4.69) is 0 Å². The predicted molar refractivity (Wildman–Crippen MR) is 65.3 cm³/mol. The predicted octanol–water partition coefficient (Wildman–Crippen LogP) is 3.35. The van der Waals surface area contributed by atoms with E-state index in [4.69, 9.17) is 0 Å². The molecule has 0 saturated carbocycles. The molecule has 3 heteroatoms. The Balaban J connectivity index is 2.63. The first-order chi connectivity index (χ1) is 8.04. The lowest BCUT2D eigenvalue weighted by Gasteiger charge is -2.10. The molecule has 0 saturated heterocycles. The van der Waals surface area contributed by atoms with Gasteiger partial charge in [-0.2, -0.15) is 0 Å². The summed E-state index contributed by atoms with van der Waals surface area (Å²) >= 11 is 0. The molecule has 0 aliphatic rings. The molecule has 88 valence electrons. The Morgan fingerprint density at radius 1 is 1.18 bits per heavy atom. The minimum atomic E-state index is -0.234. The molecule has 0 amide bonds. The fourth-order valence-corrected chi connectivity index (χ4v) is 2.03. The monoisotopic (exact) mass is 231 g/mol. The molecule has 0 radical (unpaired) electrons. The summed E-state index contributed by atoms with van der Waals surface area (Å²) in [6.07, 6.45) is 0.823. The molecule has 0 fully saturated rings. The quantitative estimate of drug-likeness (QED) is 0.726. The molecule has 0 N–H and O–H groups in total. The van der Waals surface area contributed by atoms with Gasteiger partial charge in [0.2, 0.25) is 0 Å². The summed E-state index contributed by atoms with van der Waals surface area (Å²) in [5.41, 5.74) is 3.76. The number of aldehydes is 1. The van der Waals surface area contributed by atoms with Crippen LogP contribution < -0.4 is 0 Å². The second-order valence-corrected chi connectivity index (χ2v) is 4.21.